The van der Waals surface area contributed by atoms with Gasteiger partial charge in [-0.05, 0) is 43.6 Å². The fourth-order valence-electron chi connectivity index (χ4n) is 2.37. The lowest BCUT2D eigenvalue weighted by Gasteiger charge is -2.31. The second-order valence-electron chi connectivity index (χ2n) is 5.09. The van der Waals surface area contributed by atoms with E-state index in [1.807, 2.05) is 12.1 Å². The highest BCUT2D eigenvalue weighted by atomic mass is 16.3. The highest BCUT2D eigenvalue weighted by Crippen LogP contribution is 2.23. The molecule has 0 radical (unpaired) electrons. The molecule has 0 fully saturated rings. The van der Waals surface area contributed by atoms with Crippen molar-refractivity contribution in [3.05, 3.63) is 29.8 Å². The van der Waals surface area contributed by atoms with Gasteiger partial charge < -0.3 is 10.8 Å². The molecule has 1 atom stereocenters. The first-order chi connectivity index (χ1) is 9.22. The molecule has 0 bridgehead atoms. The van der Waals surface area contributed by atoms with Crippen LogP contribution in [0.25, 0.3) is 0 Å². The normalized spacial score (nSPS) is 12.8. The molecule has 1 aromatic carbocycles. The monoisotopic (exact) mass is 264 g/mol. The van der Waals surface area contributed by atoms with Crippen molar-refractivity contribution in [2.24, 2.45) is 5.73 Å². The van der Waals surface area contributed by atoms with E-state index in [1.165, 1.54) is 25.7 Å². The van der Waals surface area contributed by atoms with Gasteiger partial charge in [-0.25, -0.2) is 0 Å². The lowest BCUT2D eigenvalue weighted by atomic mass is 10.0. The van der Waals surface area contributed by atoms with E-state index in [0.29, 0.717) is 12.3 Å². The van der Waals surface area contributed by atoms with Crippen molar-refractivity contribution in [1.29, 1.82) is 0 Å². The molecule has 3 heteroatoms. The molecule has 3 N–H and O–H groups in total. The van der Waals surface area contributed by atoms with Crippen LogP contribution in [0.4, 0.5) is 0 Å². The van der Waals surface area contributed by atoms with E-state index in [1.54, 1.807) is 6.07 Å². The Balaban J connectivity index is 2.81. The second-order valence-corrected chi connectivity index (χ2v) is 5.09. The van der Waals surface area contributed by atoms with Crippen LogP contribution in [0.3, 0.4) is 0 Å². The Kier molecular flexibility index (Phi) is 7.53. The van der Waals surface area contributed by atoms with Crippen molar-refractivity contribution in [3.8, 4) is 5.75 Å². The summed E-state index contributed by atoms with van der Waals surface area (Å²) in [7, 11) is 0. The van der Waals surface area contributed by atoms with Gasteiger partial charge in [0.2, 0.25) is 0 Å². The van der Waals surface area contributed by atoms with Crippen molar-refractivity contribution in [2.45, 2.75) is 45.6 Å². The maximum atomic E-state index is 9.63. The number of phenolic OH excluding ortho intramolecular Hbond substituents is 1. The van der Waals surface area contributed by atoms with Gasteiger partial charge in [-0.2, -0.15) is 0 Å². The van der Waals surface area contributed by atoms with Gasteiger partial charge in [-0.3, -0.25) is 4.90 Å². The zero-order valence-electron chi connectivity index (χ0n) is 12.3. The summed E-state index contributed by atoms with van der Waals surface area (Å²) in [4.78, 5) is 2.46. The molecule has 0 aliphatic heterocycles. The predicted molar refractivity (Wildman–Crippen MR) is 81.3 cm³/mol. The number of unbranched alkanes of at least 4 members (excludes halogenated alkanes) is 2. The van der Waals surface area contributed by atoms with E-state index < -0.39 is 0 Å². The van der Waals surface area contributed by atoms with E-state index >= 15 is 0 Å². The highest BCUT2D eigenvalue weighted by molar-refractivity contribution is 5.29. The van der Waals surface area contributed by atoms with Crippen LogP contribution < -0.4 is 5.73 Å². The van der Waals surface area contributed by atoms with Crippen LogP contribution in [0, 0.1) is 0 Å². The third-order valence-corrected chi connectivity index (χ3v) is 3.52. The first kappa shape index (κ1) is 16.0. The van der Waals surface area contributed by atoms with E-state index in [0.717, 1.165) is 18.7 Å². The molecule has 1 rings (SSSR count). The summed E-state index contributed by atoms with van der Waals surface area (Å²) in [5.41, 5.74) is 7.10. The average Bonchev–Trinajstić information content (AvgIpc) is 2.42. The van der Waals surface area contributed by atoms with Gasteiger partial charge in [-0.15, -0.1) is 0 Å². The number of nitrogens with zero attached hydrogens (tertiary/aromatic N) is 1. The molecule has 0 saturated carbocycles. The SMILES string of the molecule is CCCCN(CCCC)C(CN)c1cccc(O)c1. The topological polar surface area (TPSA) is 49.5 Å². The van der Waals surface area contributed by atoms with E-state index in [2.05, 4.69) is 24.8 Å². The Bertz CT molecular complexity index is 346. The van der Waals surface area contributed by atoms with Gasteiger partial charge in [0.05, 0.1) is 0 Å². The summed E-state index contributed by atoms with van der Waals surface area (Å²) in [6.45, 7) is 7.17. The van der Waals surface area contributed by atoms with Gasteiger partial charge in [-0.1, -0.05) is 38.8 Å². The number of aromatic hydroxyl groups is 1. The molecule has 0 spiro atoms. The molecule has 0 aliphatic rings. The Morgan fingerprint density at radius 3 is 2.26 bits per heavy atom. The first-order valence-corrected chi connectivity index (χ1v) is 7.46. The minimum atomic E-state index is 0.213. The number of rotatable bonds is 9. The molecule has 108 valence electrons. The zero-order valence-corrected chi connectivity index (χ0v) is 12.3. The smallest absolute Gasteiger partial charge is 0.115 e. The van der Waals surface area contributed by atoms with E-state index in [4.69, 9.17) is 5.73 Å². The van der Waals surface area contributed by atoms with Crippen molar-refractivity contribution in [3.63, 3.8) is 0 Å². The fraction of sp³-hybridized carbons (Fsp3) is 0.625. The Morgan fingerprint density at radius 2 is 1.79 bits per heavy atom. The largest absolute Gasteiger partial charge is 0.508 e. The summed E-state index contributed by atoms with van der Waals surface area (Å²) in [5.74, 6) is 0.321. The molecule has 1 unspecified atom stereocenters. The van der Waals surface area contributed by atoms with Crippen LogP contribution in [0.2, 0.25) is 0 Å². The van der Waals surface area contributed by atoms with E-state index in [-0.39, 0.29) is 6.04 Å². The van der Waals surface area contributed by atoms with Gasteiger partial charge in [0.15, 0.2) is 0 Å². The van der Waals surface area contributed by atoms with Crippen molar-refractivity contribution >= 4 is 0 Å². The summed E-state index contributed by atoms with van der Waals surface area (Å²) >= 11 is 0. The summed E-state index contributed by atoms with van der Waals surface area (Å²) < 4.78 is 0. The van der Waals surface area contributed by atoms with Gasteiger partial charge in [0.25, 0.3) is 0 Å². The van der Waals surface area contributed by atoms with E-state index in [9.17, 15) is 5.11 Å². The summed E-state index contributed by atoms with van der Waals surface area (Å²) in [5, 5.41) is 9.63. The van der Waals surface area contributed by atoms with Crippen LogP contribution in [0.15, 0.2) is 24.3 Å². The summed E-state index contributed by atoms with van der Waals surface area (Å²) in [6.07, 6.45) is 4.78. The number of phenols is 1. The third-order valence-electron chi connectivity index (χ3n) is 3.52. The lowest BCUT2D eigenvalue weighted by Crippen LogP contribution is -2.35. The standard InChI is InChI=1S/C16H28N2O/c1-3-5-10-18(11-6-4-2)16(13-17)14-8-7-9-15(19)12-14/h7-9,12,16,19H,3-6,10-11,13,17H2,1-2H3. The Labute approximate surface area is 117 Å². The van der Waals surface area contributed by atoms with Crippen LogP contribution in [-0.4, -0.2) is 29.6 Å². The van der Waals surface area contributed by atoms with Crippen LogP contribution >= 0.6 is 0 Å². The third kappa shape index (κ3) is 5.21. The molecule has 0 aliphatic carbocycles. The quantitative estimate of drug-likeness (QED) is 0.719. The molecule has 1 aromatic rings. The fourth-order valence-corrected chi connectivity index (χ4v) is 2.37. The zero-order chi connectivity index (χ0) is 14.1. The Morgan fingerprint density at radius 1 is 1.16 bits per heavy atom. The van der Waals surface area contributed by atoms with Crippen LogP contribution in [-0.2, 0) is 0 Å². The van der Waals surface area contributed by atoms with Crippen molar-refractivity contribution < 1.29 is 5.11 Å². The Hall–Kier alpha value is -1.06. The lowest BCUT2D eigenvalue weighted by molar-refractivity contribution is 0.195. The molecular formula is C16H28N2O. The predicted octanol–water partition coefficient (Wildman–Crippen LogP) is 3.29. The number of hydrogen-bond acceptors (Lipinski definition) is 3. The summed E-state index contributed by atoms with van der Waals surface area (Å²) in [6, 6.07) is 7.71. The molecule has 0 aromatic heterocycles. The van der Waals surface area contributed by atoms with Crippen molar-refractivity contribution in [1.82, 2.24) is 4.90 Å². The molecule has 0 heterocycles. The molecule has 19 heavy (non-hydrogen) atoms. The molecule has 0 saturated heterocycles. The highest BCUT2D eigenvalue weighted by Gasteiger charge is 2.18. The second kappa shape index (κ2) is 8.94. The molecule has 0 amide bonds. The number of benzene rings is 1. The maximum absolute atomic E-state index is 9.63. The molecular weight excluding hydrogens is 236 g/mol. The van der Waals surface area contributed by atoms with Crippen LogP contribution in [0.1, 0.15) is 51.1 Å². The first-order valence-electron chi connectivity index (χ1n) is 7.46. The molecule has 3 nitrogen and oxygen atoms in total. The van der Waals surface area contributed by atoms with Crippen molar-refractivity contribution in [2.75, 3.05) is 19.6 Å². The number of hydrogen-bond donors (Lipinski definition) is 2. The van der Waals surface area contributed by atoms with Gasteiger partial charge >= 0.3 is 0 Å². The van der Waals surface area contributed by atoms with Gasteiger partial charge in [0.1, 0.15) is 5.75 Å². The van der Waals surface area contributed by atoms with Crippen LogP contribution in [0.5, 0.6) is 5.75 Å². The number of nitrogens with two attached hydrogens (primary N) is 1. The van der Waals surface area contributed by atoms with Gasteiger partial charge in [0, 0.05) is 12.6 Å². The maximum Gasteiger partial charge on any atom is 0.115 e. The minimum absolute atomic E-state index is 0.213. The average molecular weight is 264 g/mol. The minimum Gasteiger partial charge on any atom is -0.508 e.